The fourth-order valence-electron chi connectivity index (χ4n) is 3.11. The Morgan fingerprint density at radius 1 is 1.20 bits per heavy atom. The number of nitrogens with one attached hydrogen (secondary N) is 1. The van der Waals surface area contributed by atoms with Crippen molar-refractivity contribution in [1.82, 2.24) is 14.8 Å². The quantitative estimate of drug-likeness (QED) is 0.316. The Morgan fingerprint density at radius 3 is 2.73 bits per heavy atom. The first-order valence-electron chi connectivity index (χ1n) is 9.72. The summed E-state index contributed by atoms with van der Waals surface area (Å²) in [6.45, 7) is 6.44. The number of benzene rings is 2. The number of amides is 1. The molecular formula is C23H22N4O2S. The number of rotatable bonds is 8. The lowest BCUT2D eigenvalue weighted by Gasteiger charge is -2.07. The van der Waals surface area contributed by atoms with Gasteiger partial charge in [-0.25, -0.2) is 0 Å². The van der Waals surface area contributed by atoms with Gasteiger partial charge in [-0.2, -0.15) is 0 Å². The van der Waals surface area contributed by atoms with E-state index in [1.807, 2.05) is 59.2 Å². The summed E-state index contributed by atoms with van der Waals surface area (Å²) in [5.74, 6) is 1.38. The number of nitrogens with zero attached hydrogens (tertiary/aromatic N) is 3. The highest BCUT2D eigenvalue weighted by molar-refractivity contribution is 7.99. The summed E-state index contributed by atoms with van der Waals surface area (Å²) in [7, 11) is 0. The van der Waals surface area contributed by atoms with Gasteiger partial charge in [0.1, 0.15) is 5.58 Å². The number of para-hydroxylation sites is 1. The lowest BCUT2D eigenvalue weighted by Crippen LogP contribution is -2.14. The Morgan fingerprint density at radius 2 is 2.00 bits per heavy atom. The van der Waals surface area contributed by atoms with Crippen LogP contribution in [-0.2, 0) is 17.8 Å². The number of hydrogen-bond acceptors (Lipinski definition) is 5. The van der Waals surface area contributed by atoms with Gasteiger partial charge in [0, 0.05) is 17.6 Å². The minimum absolute atomic E-state index is 0.0947. The van der Waals surface area contributed by atoms with E-state index in [0.29, 0.717) is 23.3 Å². The van der Waals surface area contributed by atoms with Crippen molar-refractivity contribution in [3.63, 3.8) is 0 Å². The summed E-state index contributed by atoms with van der Waals surface area (Å²) >= 11 is 1.33. The molecule has 0 saturated carbocycles. The van der Waals surface area contributed by atoms with Crippen molar-refractivity contribution in [3.05, 3.63) is 72.8 Å². The van der Waals surface area contributed by atoms with Crippen LogP contribution in [0.4, 0.5) is 5.69 Å². The molecule has 152 valence electrons. The molecular weight excluding hydrogens is 396 g/mol. The van der Waals surface area contributed by atoms with Crippen LogP contribution in [-0.4, -0.2) is 26.4 Å². The van der Waals surface area contributed by atoms with E-state index in [4.69, 9.17) is 4.42 Å². The van der Waals surface area contributed by atoms with Crippen molar-refractivity contribution in [3.8, 4) is 11.6 Å². The highest BCUT2D eigenvalue weighted by atomic mass is 32.2. The lowest BCUT2D eigenvalue weighted by atomic mass is 10.1. The van der Waals surface area contributed by atoms with Crippen molar-refractivity contribution in [1.29, 1.82) is 0 Å². The molecule has 0 aliphatic carbocycles. The molecule has 2 heterocycles. The van der Waals surface area contributed by atoms with Gasteiger partial charge in [-0.1, -0.05) is 55.1 Å². The number of fused-ring (bicyclic) bond motifs is 1. The van der Waals surface area contributed by atoms with E-state index >= 15 is 0 Å². The van der Waals surface area contributed by atoms with Gasteiger partial charge >= 0.3 is 0 Å². The molecule has 6 nitrogen and oxygen atoms in total. The number of thioether (sulfide) groups is 1. The first-order chi connectivity index (χ1) is 14.7. The number of carbonyl (C=O) groups excluding carboxylic acids is 1. The van der Waals surface area contributed by atoms with E-state index in [-0.39, 0.29) is 11.7 Å². The molecule has 0 radical (unpaired) electrons. The van der Waals surface area contributed by atoms with Crippen molar-refractivity contribution in [2.45, 2.75) is 25.0 Å². The highest BCUT2D eigenvalue weighted by Crippen LogP contribution is 2.29. The molecule has 0 unspecified atom stereocenters. The third-order valence-corrected chi connectivity index (χ3v) is 5.62. The summed E-state index contributed by atoms with van der Waals surface area (Å²) in [6.07, 6.45) is 2.74. The number of anilines is 1. The largest absolute Gasteiger partial charge is 0.453 e. The maximum Gasteiger partial charge on any atom is 0.234 e. The SMILES string of the molecule is C=CCn1c(SCC(=O)Nc2ccc(CC)cc2)nnc1-c1cc2ccccc2o1. The number of aromatic nitrogens is 3. The predicted molar refractivity (Wildman–Crippen MR) is 121 cm³/mol. The van der Waals surface area contributed by atoms with E-state index in [1.165, 1.54) is 17.3 Å². The molecule has 4 rings (SSSR count). The van der Waals surface area contributed by atoms with Crippen molar-refractivity contribution in [2.75, 3.05) is 11.1 Å². The second-order valence-corrected chi connectivity index (χ2v) is 7.68. The van der Waals surface area contributed by atoms with Gasteiger partial charge in [0.25, 0.3) is 0 Å². The van der Waals surface area contributed by atoms with Crippen LogP contribution in [0.5, 0.6) is 0 Å². The summed E-state index contributed by atoms with van der Waals surface area (Å²) in [5, 5.41) is 13.1. The molecule has 0 aliphatic rings. The van der Waals surface area contributed by atoms with E-state index < -0.39 is 0 Å². The predicted octanol–water partition coefficient (Wildman–Crippen LogP) is 5.17. The topological polar surface area (TPSA) is 73.0 Å². The molecule has 0 saturated heterocycles. The molecule has 0 aliphatic heterocycles. The summed E-state index contributed by atoms with van der Waals surface area (Å²) < 4.78 is 7.83. The first-order valence-corrected chi connectivity index (χ1v) is 10.7. The zero-order valence-corrected chi connectivity index (χ0v) is 17.5. The van der Waals surface area contributed by atoms with E-state index in [1.54, 1.807) is 6.08 Å². The van der Waals surface area contributed by atoms with Gasteiger partial charge in [0.2, 0.25) is 11.7 Å². The van der Waals surface area contributed by atoms with Gasteiger partial charge in [0.15, 0.2) is 10.9 Å². The molecule has 30 heavy (non-hydrogen) atoms. The van der Waals surface area contributed by atoms with Crippen LogP contribution in [0.3, 0.4) is 0 Å². The van der Waals surface area contributed by atoms with Gasteiger partial charge in [0.05, 0.1) is 5.75 Å². The summed E-state index contributed by atoms with van der Waals surface area (Å²) in [4.78, 5) is 12.4. The van der Waals surface area contributed by atoms with Gasteiger partial charge in [-0.05, 0) is 36.2 Å². The van der Waals surface area contributed by atoms with Crippen molar-refractivity contribution < 1.29 is 9.21 Å². The first kappa shape index (κ1) is 20.0. The maximum atomic E-state index is 12.4. The van der Waals surface area contributed by atoms with E-state index in [9.17, 15) is 4.79 Å². The van der Waals surface area contributed by atoms with E-state index in [0.717, 1.165) is 23.1 Å². The minimum atomic E-state index is -0.0947. The number of aryl methyl sites for hydroxylation is 1. The molecule has 7 heteroatoms. The highest BCUT2D eigenvalue weighted by Gasteiger charge is 2.18. The monoisotopic (exact) mass is 418 g/mol. The Kier molecular flexibility index (Phi) is 5.99. The van der Waals surface area contributed by atoms with Crippen LogP contribution >= 0.6 is 11.8 Å². The summed E-state index contributed by atoms with van der Waals surface area (Å²) in [5.41, 5.74) is 2.81. The molecule has 1 amide bonds. The number of furan rings is 1. The fraction of sp³-hybridized carbons (Fsp3) is 0.174. The van der Waals surface area contributed by atoms with Crippen LogP contribution in [0, 0.1) is 0 Å². The number of carbonyl (C=O) groups is 1. The maximum absolute atomic E-state index is 12.4. The average Bonchev–Trinajstić information content (AvgIpc) is 3.37. The van der Waals surface area contributed by atoms with Crippen LogP contribution in [0.15, 0.2) is 76.8 Å². The molecule has 0 spiro atoms. The Balaban J connectivity index is 1.48. The van der Waals surface area contributed by atoms with Gasteiger partial charge in [-0.15, -0.1) is 16.8 Å². The standard InChI is InChI=1S/C23H22N4O2S/c1-3-13-27-22(20-14-17-7-5-6-8-19(17)29-20)25-26-23(27)30-15-21(28)24-18-11-9-16(4-2)10-12-18/h3,5-12,14H,1,4,13,15H2,2H3,(H,24,28). The molecule has 0 fully saturated rings. The zero-order valence-electron chi connectivity index (χ0n) is 16.7. The fourth-order valence-corrected chi connectivity index (χ4v) is 3.86. The van der Waals surface area contributed by atoms with Crippen LogP contribution < -0.4 is 5.32 Å². The molecule has 2 aromatic heterocycles. The average molecular weight is 419 g/mol. The Labute approximate surface area is 179 Å². The molecule has 1 N–H and O–H groups in total. The molecule has 2 aromatic carbocycles. The minimum Gasteiger partial charge on any atom is -0.453 e. The number of hydrogen-bond donors (Lipinski definition) is 1. The van der Waals surface area contributed by atoms with Crippen LogP contribution in [0.1, 0.15) is 12.5 Å². The third-order valence-electron chi connectivity index (χ3n) is 4.65. The second kappa shape index (κ2) is 9.00. The van der Waals surface area contributed by atoms with Gasteiger partial charge < -0.3 is 9.73 Å². The molecule has 0 bridgehead atoms. The van der Waals surface area contributed by atoms with Crippen LogP contribution in [0.25, 0.3) is 22.6 Å². The van der Waals surface area contributed by atoms with E-state index in [2.05, 4.69) is 29.0 Å². The van der Waals surface area contributed by atoms with Gasteiger partial charge in [-0.3, -0.25) is 9.36 Å². The Bertz CT molecular complexity index is 1140. The normalized spacial score (nSPS) is 11.0. The van der Waals surface area contributed by atoms with Crippen molar-refractivity contribution >= 4 is 34.3 Å². The summed E-state index contributed by atoms with van der Waals surface area (Å²) in [6, 6.07) is 17.6. The smallest absolute Gasteiger partial charge is 0.234 e. The zero-order chi connectivity index (χ0) is 20.9. The molecule has 0 atom stereocenters. The Hall–Kier alpha value is -3.32. The van der Waals surface area contributed by atoms with Crippen molar-refractivity contribution in [2.24, 2.45) is 0 Å². The lowest BCUT2D eigenvalue weighted by molar-refractivity contribution is -0.113. The van der Waals surface area contributed by atoms with Crippen LogP contribution in [0.2, 0.25) is 0 Å². The molecule has 4 aromatic rings. The second-order valence-electron chi connectivity index (χ2n) is 6.74. The third kappa shape index (κ3) is 4.31. The number of allylic oxidation sites excluding steroid dienone is 1.